The van der Waals surface area contributed by atoms with Crippen LogP contribution in [0.15, 0.2) is 12.3 Å². The molecular weight excluding hydrogens is 196 g/mol. The normalized spacial score (nSPS) is 25.5. The van der Waals surface area contributed by atoms with Crippen molar-refractivity contribution < 1.29 is 14.3 Å². The van der Waals surface area contributed by atoms with Crippen LogP contribution >= 0.6 is 0 Å². The Morgan fingerprint density at radius 1 is 1.53 bits per heavy atom. The van der Waals surface area contributed by atoms with Gasteiger partial charge >= 0.3 is 6.03 Å². The van der Waals surface area contributed by atoms with Crippen LogP contribution in [-0.2, 0) is 9.53 Å². The van der Waals surface area contributed by atoms with E-state index in [0.29, 0.717) is 6.29 Å². The molecule has 1 rings (SSSR count). The van der Waals surface area contributed by atoms with Crippen molar-refractivity contribution in [3.63, 3.8) is 0 Å². The van der Waals surface area contributed by atoms with Crippen LogP contribution in [0, 0.1) is 0 Å². The molecule has 5 nitrogen and oxygen atoms in total. The molecule has 0 aliphatic carbocycles. The van der Waals surface area contributed by atoms with Gasteiger partial charge in [0.2, 0.25) is 0 Å². The van der Waals surface area contributed by atoms with E-state index in [1.807, 2.05) is 6.92 Å². The number of nitrogens with one attached hydrogen (secondary N) is 1. The molecule has 0 aromatic rings. The van der Waals surface area contributed by atoms with E-state index in [-0.39, 0.29) is 18.4 Å². The average molecular weight is 212 g/mol. The van der Waals surface area contributed by atoms with Crippen molar-refractivity contribution in [2.75, 3.05) is 7.05 Å². The van der Waals surface area contributed by atoms with Crippen LogP contribution in [0.2, 0.25) is 0 Å². The fourth-order valence-electron chi connectivity index (χ4n) is 1.54. The maximum Gasteiger partial charge on any atom is 0.323 e. The summed E-state index contributed by atoms with van der Waals surface area (Å²) in [6.07, 6.45) is 4.96. The van der Waals surface area contributed by atoms with Crippen molar-refractivity contribution in [3.8, 4) is 0 Å². The molecule has 0 aromatic heterocycles. The minimum Gasteiger partial charge on any atom is -0.355 e. The highest BCUT2D eigenvalue weighted by Crippen LogP contribution is 2.22. The van der Waals surface area contributed by atoms with Crippen LogP contribution in [0.3, 0.4) is 0 Å². The summed E-state index contributed by atoms with van der Waals surface area (Å²) >= 11 is 0. The third-order valence-corrected chi connectivity index (χ3v) is 2.29. The molecular formula is C10H16N2O3. The highest BCUT2D eigenvalue weighted by molar-refractivity contribution is 5.76. The van der Waals surface area contributed by atoms with Gasteiger partial charge in [-0.3, -0.25) is 9.69 Å². The van der Waals surface area contributed by atoms with Gasteiger partial charge in [0.25, 0.3) is 0 Å². The second-order valence-corrected chi connectivity index (χ2v) is 3.42. The zero-order valence-corrected chi connectivity index (χ0v) is 8.97. The number of amides is 2. The molecule has 0 aromatic carbocycles. The summed E-state index contributed by atoms with van der Waals surface area (Å²) in [5, 5.41) is 2.51. The molecule has 0 bridgehead atoms. The summed E-state index contributed by atoms with van der Waals surface area (Å²) in [4.78, 5) is 23.1. The number of hydrogen-bond donors (Lipinski definition) is 1. The Morgan fingerprint density at radius 2 is 2.27 bits per heavy atom. The monoisotopic (exact) mass is 212 g/mol. The predicted octanol–water partition coefficient (Wildman–Crippen LogP) is 0.865. The molecule has 1 saturated heterocycles. The number of allylic oxidation sites excluding steroid dienone is 1. The van der Waals surface area contributed by atoms with Crippen LogP contribution in [0.1, 0.15) is 19.8 Å². The standard InChI is InChI=1S/C10H16N2O3/c1-8-4-5-9(15-8)12(6-3-7-13)10(14)11-2/h3,6-9H,4-5H2,1-2H3,(H,11,14)/b6-3-. The van der Waals surface area contributed by atoms with Crippen LogP contribution in [0.4, 0.5) is 4.79 Å². The Kier molecular flexibility index (Phi) is 4.30. The van der Waals surface area contributed by atoms with Crippen LogP contribution in [0.5, 0.6) is 0 Å². The Bertz CT molecular complexity index is 265. The Hall–Kier alpha value is -1.36. The number of carbonyl (C=O) groups excluding carboxylic acids is 2. The molecule has 84 valence electrons. The van der Waals surface area contributed by atoms with E-state index < -0.39 is 0 Å². The second kappa shape index (κ2) is 5.50. The Morgan fingerprint density at radius 3 is 2.73 bits per heavy atom. The number of urea groups is 1. The first kappa shape index (κ1) is 11.7. The summed E-state index contributed by atoms with van der Waals surface area (Å²) in [5.74, 6) is 0. The Balaban J connectivity index is 2.67. The molecule has 2 unspecified atom stereocenters. The summed E-state index contributed by atoms with van der Waals surface area (Å²) in [6.45, 7) is 1.96. The minimum absolute atomic E-state index is 0.159. The zero-order chi connectivity index (χ0) is 11.3. The quantitative estimate of drug-likeness (QED) is 0.557. The van der Waals surface area contributed by atoms with Gasteiger partial charge in [-0.05, 0) is 25.8 Å². The maximum atomic E-state index is 11.5. The number of hydrogen-bond acceptors (Lipinski definition) is 3. The summed E-state index contributed by atoms with van der Waals surface area (Å²) < 4.78 is 5.54. The van der Waals surface area contributed by atoms with E-state index in [2.05, 4.69) is 5.32 Å². The molecule has 0 spiro atoms. The van der Waals surface area contributed by atoms with Crippen molar-refractivity contribution in [1.29, 1.82) is 0 Å². The topological polar surface area (TPSA) is 58.6 Å². The predicted molar refractivity (Wildman–Crippen MR) is 55.1 cm³/mol. The van der Waals surface area contributed by atoms with E-state index in [0.717, 1.165) is 12.8 Å². The highest BCUT2D eigenvalue weighted by Gasteiger charge is 2.28. The van der Waals surface area contributed by atoms with Crippen LogP contribution in [0.25, 0.3) is 0 Å². The third kappa shape index (κ3) is 3.06. The molecule has 1 aliphatic rings. The van der Waals surface area contributed by atoms with E-state index in [1.165, 1.54) is 17.2 Å². The van der Waals surface area contributed by atoms with Gasteiger partial charge in [-0.2, -0.15) is 0 Å². The second-order valence-electron chi connectivity index (χ2n) is 3.42. The molecule has 2 amide bonds. The SMILES string of the molecule is CNC(=O)N(/C=C\C=O)C1CCC(C)O1. The van der Waals surface area contributed by atoms with Crippen molar-refractivity contribution in [2.45, 2.75) is 32.1 Å². The molecule has 1 heterocycles. The van der Waals surface area contributed by atoms with Gasteiger partial charge in [-0.1, -0.05) is 0 Å². The lowest BCUT2D eigenvalue weighted by Crippen LogP contribution is -2.41. The molecule has 1 aliphatic heterocycles. The molecule has 2 atom stereocenters. The van der Waals surface area contributed by atoms with E-state index >= 15 is 0 Å². The molecule has 1 N–H and O–H groups in total. The molecule has 0 radical (unpaired) electrons. The van der Waals surface area contributed by atoms with Crippen LogP contribution in [-0.4, -0.2) is 36.6 Å². The summed E-state index contributed by atoms with van der Waals surface area (Å²) in [6, 6.07) is -0.271. The zero-order valence-electron chi connectivity index (χ0n) is 8.97. The summed E-state index contributed by atoms with van der Waals surface area (Å²) in [5.41, 5.74) is 0. The molecule has 0 saturated carbocycles. The van der Waals surface area contributed by atoms with E-state index in [9.17, 15) is 9.59 Å². The minimum atomic E-state index is -0.271. The first-order chi connectivity index (χ1) is 7.19. The van der Waals surface area contributed by atoms with Gasteiger partial charge in [-0.15, -0.1) is 0 Å². The van der Waals surface area contributed by atoms with Gasteiger partial charge < -0.3 is 10.1 Å². The number of ether oxygens (including phenoxy) is 1. The van der Waals surface area contributed by atoms with Crippen molar-refractivity contribution in [3.05, 3.63) is 12.3 Å². The van der Waals surface area contributed by atoms with Crippen LogP contribution < -0.4 is 5.32 Å². The van der Waals surface area contributed by atoms with E-state index in [4.69, 9.17) is 4.74 Å². The van der Waals surface area contributed by atoms with Crippen molar-refractivity contribution in [1.82, 2.24) is 10.2 Å². The van der Waals surface area contributed by atoms with Crippen molar-refractivity contribution >= 4 is 12.3 Å². The van der Waals surface area contributed by atoms with Gasteiger partial charge in [0.15, 0.2) is 0 Å². The number of carbonyl (C=O) groups is 2. The summed E-state index contributed by atoms with van der Waals surface area (Å²) in [7, 11) is 1.54. The van der Waals surface area contributed by atoms with Gasteiger partial charge in [0, 0.05) is 13.2 Å². The molecule has 1 fully saturated rings. The van der Waals surface area contributed by atoms with E-state index in [1.54, 1.807) is 7.05 Å². The van der Waals surface area contributed by atoms with Gasteiger partial charge in [0.1, 0.15) is 12.5 Å². The van der Waals surface area contributed by atoms with Gasteiger partial charge in [-0.25, -0.2) is 4.79 Å². The number of rotatable bonds is 3. The molecule has 5 heteroatoms. The van der Waals surface area contributed by atoms with Gasteiger partial charge in [0.05, 0.1) is 6.10 Å². The lowest BCUT2D eigenvalue weighted by atomic mass is 10.2. The number of nitrogens with zero attached hydrogens (tertiary/aromatic N) is 1. The maximum absolute atomic E-state index is 11.5. The molecule has 15 heavy (non-hydrogen) atoms. The Labute approximate surface area is 89.1 Å². The first-order valence-corrected chi connectivity index (χ1v) is 4.96. The fourth-order valence-corrected chi connectivity index (χ4v) is 1.54. The first-order valence-electron chi connectivity index (χ1n) is 4.96. The lowest BCUT2D eigenvalue weighted by Gasteiger charge is -2.24. The fraction of sp³-hybridized carbons (Fsp3) is 0.600. The number of aldehydes is 1. The largest absolute Gasteiger partial charge is 0.355 e. The van der Waals surface area contributed by atoms with Crippen molar-refractivity contribution in [2.24, 2.45) is 0 Å². The average Bonchev–Trinajstić information content (AvgIpc) is 2.65. The third-order valence-electron chi connectivity index (χ3n) is 2.29. The lowest BCUT2D eigenvalue weighted by molar-refractivity contribution is -0.104. The highest BCUT2D eigenvalue weighted by atomic mass is 16.5. The smallest absolute Gasteiger partial charge is 0.323 e.